The minimum atomic E-state index is -0.709. The highest BCUT2D eigenvalue weighted by Crippen LogP contribution is 2.47. The lowest BCUT2D eigenvalue weighted by molar-refractivity contribution is 0.0906. The first-order valence-electron chi connectivity index (χ1n) is 8.08. The van der Waals surface area contributed by atoms with Gasteiger partial charge in [-0.15, -0.1) is 0 Å². The molecule has 3 fully saturated rings. The molecule has 0 amide bonds. The third-order valence-corrected chi connectivity index (χ3v) is 7.79. The Balaban J connectivity index is 1.52. The average molecular weight is 313 g/mol. The van der Waals surface area contributed by atoms with Crippen molar-refractivity contribution in [1.29, 1.82) is 5.26 Å². The summed E-state index contributed by atoms with van der Waals surface area (Å²) in [6, 6.07) is 10.0. The fraction of sp³-hybridized carbons (Fsp3) is 0.556. The van der Waals surface area contributed by atoms with Crippen molar-refractivity contribution in [2.24, 2.45) is 5.92 Å². The van der Waals surface area contributed by atoms with Gasteiger partial charge in [0.2, 0.25) is 0 Å². The van der Waals surface area contributed by atoms with Crippen LogP contribution in [0.4, 0.5) is 0 Å². The van der Waals surface area contributed by atoms with E-state index in [9.17, 15) is 14.3 Å². The number of nitrogens with zero attached hydrogens (tertiary/aromatic N) is 1. The van der Waals surface area contributed by atoms with Crippen molar-refractivity contribution in [2.45, 2.75) is 54.4 Å². The maximum absolute atomic E-state index is 12.7. The lowest BCUT2D eigenvalue weighted by Crippen LogP contribution is -2.32. The minimum absolute atomic E-state index is 0.0342. The van der Waals surface area contributed by atoms with Crippen LogP contribution in [0.3, 0.4) is 0 Å². The molecule has 2 atom stereocenters. The number of benzene rings is 1. The van der Waals surface area contributed by atoms with Crippen LogP contribution in [0.2, 0.25) is 0 Å². The number of carbonyl (C=O) groups is 1. The Hall–Kier alpha value is -1.47. The quantitative estimate of drug-likeness (QED) is 0.806. The molecule has 2 heterocycles. The first kappa shape index (κ1) is 14.1. The smallest absolute Gasteiger partial charge is 0.166 e. The Morgan fingerprint density at radius 3 is 2.23 bits per heavy atom. The van der Waals surface area contributed by atoms with Crippen LogP contribution in [0.15, 0.2) is 24.3 Å². The van der Waals surface area contributed by atoms with Crippen LogP contribution < -0.4 is 0 Å². The fourth-order valence-electron chi connectivity index (χ4n) is 4.03. The number of rotatable bonds is 3. The Kier molecular flexibility index (Phi) is 3.23. The number of hydrogen-bond donors (Lipinski definition) is 0. The minimum Gasteiger partial charge on any atom is -0.294 e. The van der Waals surface area contributed by atoms with E-state index in [1.54, 1.807) is 0 Å². The highest BCUT2D eigenvalue weighted by molar-refractivity contribution is 7.86. The van der Waals surface area contributed by atoms with Crippen LogP contribution in [0.1, 0.15) is 54.4 Å². The maximum Gasteiger partial charge on any atom is 0.166 e. The predicted octanol–water partition coefficient (Wildman–Crippen LogP) is 3.11. The van der Waals surface area contributed by atoms with E-state index in [1.807, 2.05) is 24.3 Å². The van der Waals surface area contributed by atoms with E-state index in [2.05, 4.69) is 6.07 Å². The lowest BCUT2D eigenvalue weighted by atomic mass is 9.89. The molecule has 3 aliphatic rings. The van der Waals surface area contributed by atoms with Crippen molar-refractivity contribution in [3.05, 3.63) is 35.4 Å². The van der Waals surface area contributed by atoms with Gasteiger partial charge in [0.05, 0.1) is 11.5 Å². The molecule has 1 saturated carbocycles. The van der Waals surface area contributed by atoms with Crippen LogP contribution in [-0.2, 0) is 16.2 Å². The van der Waals surface area contributed by atoms with Gasteiger partial charge in [-0.3, -0.25) is 9.00 Å². The zero-order chi connectivity index (χ0) is 15.3. The Morgan fingerprint density at radius 2 is 1.73 bits per heavy atom. The zero-order valence-corrected chi connectivity index (χ0v) is 13.3. The van der Waals surface area contributed by atoms with Crippen molar-refractivity contribution in [3.8, 4) is 6.07 Å². The molecule has 2 unspecified atom stereocenters. The van der Waals surface area contributed by atoms with E-state index in [1.165, 1.54) is 0 Å². The molecule has 1 aliphatic carbocycles. The summed E-state index contributed by atoms with van der Waals surface area (Å²) >= 11 is 0. The fourth-order valence-corrected chi connectivity index (χ4v) is 6.15. The molecule has 1 aromatic carbocycles. The summed E-state index contributed by atoms with van der Waals surface area (Å²) < 4.78 is 12.1. The average Bonchev–Trinajstić information content (AvgIpc) is 3.32. The van der Waals surface area contributed by atoms with Gasteiger partial charge >= 0.3 is 0 Å². The van der Waals surface area contributed by atoms with Gasteiger partial charge in [-0.2, -0.15) is 5.26 Å². The SMILES string of the molecule is N#CC1(c2ccc(C(=O)C3CC4CCC(C3)S4=O)cc2)CC1. The third-order valence-electron chi connectivity index (χ3n) is 5.62. The number of carbonyl (C=O) groups excluding carboxylic acids is 1. The lowest BCUT2D eigenvalue weighted by Gasteiger charge is -2.26. The Morgan fingerprint density at radius 1 is 1.14 bits per heavy atom. The molecule has 22 heavy (non-hydrogen) atoms. The monoisotopic (exact) mass is 313 g/mol. The zero-order valence-electron chi connectivity index (χ0n) is 12.5. The summed E-state index contributed by atoms with van der Waals surface area (Å²) in [7, 11) is -0.709. The molecule has 3 nitrogen and oxygen atoms in total. The van der Waals surface area contributed by atoms with Crippen LogP contribution in [-0.4, -0.2) is 20.5 Å². The summed E-state index contributed by atoms with van der Waals surface area (Å²) in [4.78, 5) is 12.7. The van der Waals surface area contributed by atoms with E-state index in [0.717, 1.165) is 49.7 Å². The van der Waals surface area contributed by atoms with Gasteiger partial charge in [-0.05, 0) is 44.1 Å². The first-order chi connectivity index (χ1) is 10.6. The standard InChI is InChI=1S/C18H19NO2S/c19-11-18(7-8-18)14-3-1-12(2-4-14)17(20)13-9-15-5-6-16(10-13)22(15)21/h1-4,13,15-16H,5-10H2. The van der Waals surface area contributed by atoms with Crippen LogP contribution in [0, 0.1) is 17.2 Å². The normalized spacial score (nSPS) is 34.9. The molecule has 4 heteroatoms. The van der Waals surface area contributed by atoms with Gasteiger partial charge in [0.1, 0.15) is 0 Å². The second kappa shape index (κ2) is 5.03. The van der Waals surface area contributed by atoms with Crippen molar-refractivity contribution in [2.75, 3.05) is 0 Å². The molecule has 0 aromatic heterocycles. The largest absolute Gasteiger partial charge is 0.294 e. The van der Waals surface area contributed by atoms with Gasteiger partial charge in [0.15, 0.2) is 5.78 Å². The molecule has 114 valence electrons. The van der Waals surface area contributed by atoms with Crippen molar-refractivity contribution in [1.82, 2.24) is 0 Å². The number of Topliss-reactive ketones (excluding diaryl/α,β-unsaturated/α-hetero) is 1. The van der Waals surface area contributed by atoms with E-state index in [-0.39, 0.29) is 27.6 Å². The van der Waals surface area contributed by atoms with Crippen molar-refractivity contribution < 1.29 is 9.00 Å². The number of nitriles is 1. The molecule has 0 radical (unpaired) electrons. The molecule has 2 saturated heterocycles. The van der Waals surface area contributed by atoms with Gasteiger partial charge < -0.3 is 0 Å². The van der Waals surface area contributed by atoms with Gasteiger partial charge in [-0.1, -0.05) is 24.3 Å². The number of hydrogen-bond acceptors (Lipinski definition) is 3. The molecule has 1 aromatic rings. The first-order valence-corrected chi connectivity index (χ1v) is 9.36. The molecule has 4 rings (SSSR count). The molecule has 2 bridgehead atoms. The summed E-state index contributed by atoms with van der Waals surface area (Å²) in [6.07, 6.45) is 5.45. The number of ketones is 1. The van der Waals surface area contributed by atoms with Gasteiger partial charge in [0, 0.05) is 32.8 Å². The Labute approximate surface area is 133 Å². The van der Waals surface area contributed by atoms with Crippen molar-refractivity contribution >= 4 is 16.6 Å². The summed E-state index contributed by atoms with van der Waals surface area (Å²) in [6.45, 7) is 0. The second-order valence-corrected chi connectivity index (χ2v) is 8.94. The molecule has 0 spiro atoms. The third kappa shape index (κ3) is 2.14. The highest BCUT2D eigenvalue weighted by atomic mass is 32.2. The predicted molar refractivity (Wildman–Crippen MR) is 85.0 cm³/mol. The molecular formula is C18H19NO2S. The van der Waals surface area contributed by atoms with Gasteiger partial charge in [0.25, 0.3) is 0 Å². The van der Waals surface area contributed by atoms with E-state index < -0.39 is 10.8 Å². The summed E-state index contributed by atoms with van der Waals surface area (Å²) in [5.74, 6) is 0.230. The van der Waals surface area contributed by atoms with E-state index >= 15 is 0 Å². The Bertz CT molecular complexity index is 668. The summed E-state index contributed by atoms with van der Waals surface area (Å²) in [5.41, 5.74) is 1.49. The van der Waals surface area contributed by atoms with Crippen LogP contribution in [0.25, 0.3) is 0 Å². The molecular weight excluding hydrogens is 294 g/mol. The maximum atomic E-state index is 12.7. The van der Waals surface area contributed by atoms with Crippen LogP contribution >= 0.6 is 0 Å². The van der Waals surface area contributed by atoms with Gasteiger partial charge in [-0.25, -0.2) is 0 Å². The molecule has 0 N–H and O–H groups in total. The second-order valence-electron chi connectivity index (χ2n) is 6.95. The van der Waals surface area contributed by atoms with Crippen molar-refractivity contribution in [3.63, 3.8) is 0 Å². The highest BCUT2D eigenvalue weighted by Gasteiger charge is 2.45. The van der Waals surface area contributed by atoms with E-state index in [0.29, 0.717) is 0 Å². The topological polar surface area (TPSA) is 57.9 Å². The van der Waals surface area contributed by atoms with Crippen LogP contribution in [0.5, 0.6) is 0 Å². The van der Waals surface area contributed by atoms with E-state index in [4.69, 9.17) is 0 Å². The summed E-state index contributed by atoms with van der Waals surface area (Å²) in [5, 5.41) is 9.71. The number of fused-ring (bicyclic) bond motifs is 2. The molecule has 2 aliphatic heterocycles.